The van der Waals surface area contributed by atoms with Gasteiger partial charge in [-0.05, 0) is 48.5 Å². The molecule has 3 aromatic rings. The molecule has 0 fully saturated rings. The number of halogens is 1. The first-order valence-corrected chi connectivity index (χ1v) is 7.60. The zero-order valence-corrected chi connectivity index (χ0v) is 12.7. The smallest absolute Gasteiger partial charge is 0.262 e. The Morgan fingerprint density at radius 3 is 2.46 bits per heavy atom. The molecule has 0 radical (unpaired) electrons. The molecule has 1 atom stereocenters. The van der Waals surface area contributed by atoms with Gasteiger partial charge in [-0.25, -0.2) is 4.39 Å². The summed E-state index contributed by atoms with van der Waals surface area (Å²) in [4.78, 5) is 18.9. The summed E-state index contributed by atoms with van der Waals surface area (Å²) in [6, 6.07) is 19.0. The van der Waals surface area contributed by atoms with E-state index in [1.165, 1.54) is 12.1 Å². The number of para-hydroxylation sites is 1. The third-order valence-electron chi connectivity index (χ3n) is 3.99. The summed E-state index contributed by atoms with van der Waals surface area (Å²) in [5, 5.41) is 3.28. The number of hydrogen-bond acceptors (Lipinski definition) is 3. The summed E-state index contributed by atoms with van der Waals surface area (Å²) in [5.41, 5.74) is 2.73. The Morgan fingerprint density at radius 1 is 0.958 bits per heavy atom. The number of anilines is 2. The van der Waals surface area contributed by atoms with Crippen molar-refractivity contribution in [3.63, 3.8) is 0 Å². The van der Waals surface area contributed by atoms with Crippen molar-refractivity contribution in [3.05, 3.63) is 90.0 Å². The van der Waals surface area contributed by atoms with Gasteiger partial charge in [-0.3, -0.25) is 14.7 Å². The monoisotopic (exact) mass is 319 g/mol. The first-order chi connectivity index (χ1) is 11.7. The van der Waals surface area contributed by atoms with Crippen LogP contribution in [-0.2, 0) is 0 Å². The fourth-order valence-corrected chi connectivity index (χ4v) is 2.88. The number of fused-ring (bicyclic) bond motifs is 1. The van der Waals surface area contributed by atoms with E-state index in [1.54, 1.807) is 35.4 Å². The quantitative estimate of drug-likeness (QED) is 0.794. The number of benzene rings is 2. The molecule has 24 heavy (non-hydrogen) atoms. The lowest BCUT2D eigenvalue weighted by molar-refractivity contribution is 0.0993. The van der Waals surface area contributed by atoms with Crippen molar-refractivity contribution in [1.82, 2.24) is 4.98 Å². The number of carbonyl (C=O) groups excluding carboxylic acids is 1. The van der Waals surface area contributed by atoms with Crippen LogP contribution in [-0.4, -0.2) is 10.9 Å². The normalized spacial score (nSPS) is 16.1. The summed E-state index contributed by atoms with van der Waals surface area (Å²) in [5.74, 6) is -0.412. The minimum Gasteiger partial charge on any atom is -0.360 e. The molecule has 5 heteroatoms. The Hall–Kier alpha value is -3.21. The fraction of sp³-hybridized carbons (Fsp3) is 0.0526. The van der Waals surface area contributed by atoms with Crippen LogP contribution in [0.3, 0.4) is 0 Å². The van der Waals surface area contributed by atoms with Gasteiger partial charge in [0.2, 0.25) is 0 Å². The van der Waals surface area contributed by atoms with Gasteiger partial charge < -0.3 is 5.32 Å². The van der Waals surface area contributed by atoms with Crippen LogP contribution in [0.25, 0.3) is 0 Å². The highest BCUT2D eigenvalue weighted by Crippen LogP contribution is 2.36. The maximum absolute atomic E-state index is 13.1. The number of hydrogen-bond donors (Lipinski definition) is 1. The molecular formula is C19H14FN3O. The number of carbonyl (C=O) groups is 1. The zero-order valence-electron chi connectivity index (χ0n) is 12.7. The predicted octanol–water partition coefficient (Wildman–Crippen LogP) is 3.99. The van der Waals surface area contributed by atoms with Gasteiger partial charge in [0.25, 0.3) is 5.91 Å². The summed E-state index contributed by atoms with van der Waals surface area (Å²) in [6.07, 6.45) is 1.22. The maximum Gasteiger partial charge on any atom is 0.262 e. The lowest BCUT2D eigenvalue weighted by Gasteiger charge is -2.26. The average Bonchev–Trinajstić information content (AvgIpc) is 2.90. The van der Waals surface area contributed by atoms with Crippen molar-refractivity contribution in [2.24, 2.45) is 0 Å². The second-order valence-corrected chi connectivity index (χ2v) is 5.50. The van der Waals surface area contributed by atoms with Gasteiger partial charge in [0, 0.05) is 17.6 Å². The van der Waals surface area contributed by atoms with Crippen LogP contribution in [0.4, 0.5) is 15.8 Å². The molecule has 1 aliphatic heterocycles. The molecule has 118 valence electrons. The highest BCUT2D eigenvalue weighted by Gasteiger charge is 2.38. The van der Waals surface area contributed by atoms with Gasteiger partial charge >= 0.3 is 0 Å². The van der Waals surface area contributed by atoms with Crippen molar-refractivity contribution < 1.29 is 9.18 Å². The van der Waals surface area contributed by atoms with Crippen LogP contribution in [0, 0.1) is 5.82 Å². The molecule has 0 saturated carbocycles. The van der Waals surface area contributed by atoms with Gasteiger partial charge in [-0.2, -0.15) is 0 Å². The van der Waals surface area contributed by atoms with Crippen LogP contribution in [0.15, 0.2) is 72.9 Å². The third-order valence-corrected chi connectivity index (χ3v) is 3.99. The number of nitrogens with zero attached hydrogens (tertiary/aromatic N) is 2. The molecule has 1 aliphatic rings. The lowest BCUT2D eigenvalue weighted by Crippen LogP contribution is -2.32. The van der Waals surface area contributed by atoms with Crippen LogP contribution < -0.4 is 10.2 Å². The molecule has 1 unspecified atom stereocenters. The van der Waals surface area contributed by atoms with Gasteiger partial charge in [0.05, 0.1) is 11.3 Å². The second-order valence-electron chi connectivity index (χ2n) is 5.50. The van der Waals surface area contributed by atoms with E-state index in [1.807, 2.05) is 30.3 Å². The van der Waals surface area contributed by atoms with Gasteiger partial charge in [-0.1, -0.05) is 18.2 Å². The Kier molecular flexibility index (Phi) is 3.46. The molecule has 0 aliphatic carbocycles. The number of pyridine rings is 1. The summed E-state index contributed by atoms with van der Waals surface area (Å²) in [6.45, 7) is 0. The van der Waals surface area contributed by atoms with E-state index in [-0.39, 0.29) is 11.7 Å². The van der Waals surface area contributed by atoms with Crippen LogP contribution in [0.1, 0.15) is 22.2 Å². The summed E-state index contributed by atoms with van der Waals surface area (Å²) in [7, 11) is 0. The molecule has 0 spiro atoms. The van der Waals surface area contributed by atoms with E-state index < -0.39 is 6.17 Å². The molecular weight excluding hydrogens is 305 g/mol. The molecule has 0 bridgehead atoms. The highest BCUT2D eigenvalue weighted by atomic mass is 19.1. The molecule has 4 rings (SSSR count). The van der Waals surface area contributed by atoms with E-state index in [4.69, 9.17) is 0 Å². The fourth-order valence-electron chi connectivity index (χ4n) is 2.88. The third kappa shape index (κ3) is 2.40. The second kappa shape index (κ2) is 5.77. The standard InChI is InChI=1S/C19H14FN3O/c20-13-8-10-14(11-9-13)22-18-17-16(7-4-12-21-17)19(24)23(18)15-5-2-1-3-6-15/h1-12,18,22H. The number of aromatic nitrogens is 1. The van der Waals surface area contributed by atoms with E-state index in [0.717, 1.165) is 5.69 Å². The number of rotatable bonds is 3. The predicted molar refractivity (Wildman–Crippen MR) is 90.3 cm³/mol. The zero-order chi connectivity index (χ0) is 16.5. The molecule has 1 N–H and O–H groups in total. The van der Waals surface area contributed by atoms with E-state index >= 15 is 0 Å². The maximum atomic E-state index is 13.1. The molecule has 2 aromatic carbocycles. The molecule has 1 amide bonds. The van der Waals surface area contributed by atoms with Gasteiger partial charge in [0.1, 0.15) is 5.82 Å². The highest BCUT2D eigenvalue weighted by molar-refractivity contribution is 6.11. The first-order valence-electron chi connectivity index (χ1n) is 7.60. The number of nitrogens with one attached hydrogen (secondary N) is 1. The molecule has 2 heterocycles. The van der Waals surface area contributed by atoms with Crippen LogP contribution >= 0.6 is 0 Å². The Bertz CT molecular complexity index is 881. The van der Waals surface area contributed by atoms with Crippen LogP contribution in [0.5, 0.6) is 0 Å². The van der Waals surface area contributed by atoms with Crippen LogP contribution in [0.2, 0.25) is 0 Å². The minimum atomic E-state index is -0.443. The van der Waals surface area contributed by atoms with E-state index in [2.05, 4.69) is 10.3 Å². The summed E-state index contributed by atoms with van der Waals surface area (Å²) < 4.78 is 13.1. The van der Waals surface area contributed by atoms with E-state index in [0.29, 0.717) is 16.9 Å². The van der Waals surface area contributed by atoms with Crippen molar-refractivity contribution in [2.45, 2.75) is 6.17 Å². The van der Waals surface area contributed by atoms with Crippen molar-refractivity contribution in [2.75, 3.05) is 10.2 Å². The Balaban J connectivity index is 1.77. The SMILES string of the molecule is O=C1c2cccnc2C(Nc2ccc(F)cc2)N1c1ccccc1. The summed E-state index contributed by atoms with van der Waals surface area (Å²) >= 11 is 0. The molecule has 4 nitrogen and oxygen atoms in total. The average molecular weight is 319 g/mol. The number of amides is 1. The minimum absolute atomic E-state index is 0.107. The first kappa shape index (κ1) is 14.4. The largest absolute Gasteiger partial charge is 0.360 e. The Labute approximate surface area is 138 Å². The lowest BCUT2D eigenvalue weighted by atomic mass is 10.2. The van der Waals surface area contributed by atoms with Crippen molar-refractivity contribution in [3.8, 4) is 0 Å². The molecule has 1 aromatic heterocycles. The van der Waals surface area contributed by atoms with Gasteiger partial charge in [0.15, 0.2) is 6.17 Å². The Morgan fingerprint density at radius 2 is 1.71 bits per heavy atom. The van der Waals surface area contributed by atoms with Gasteiger partial charge in [-0.15, -0.1) is 0 Å². The van der Waals surface area contributed by atoms with Crippen molar-refractivity contribution >= 4 is 17.3 Å². The molecule has 0 saturated heterocycles. The van der Waals surface area contributed by atoms with Crippen molar-refractivity contribution in [1.29, 1.82) is 0 Å². The topological polar surface area (TPSA) is 45.2 Å². The van der Waals surface area contributed by atoms with E-state index in [9.17, 15) is 9.18 Å².